The Bertz CT molecular complexity index is 3120. The van der Waals surface area contributed by atoms with Gasteiger partial charge in [0, 0.05) is 51.2 Å². The first-order valence-electron chi connectivity index (χ1n) is 22.2. The van der Waals surface area contributed by atoms with Crippen molar-refractivity contribution in [2.24, 2.45) is 0 Å². The zero-order chi connectivity index (χ0) is 43.4. The second-order valence-electron chi connectivity index (χ2n) is 16.3. The van der Waals surface area contributed by atoms with E-state index in [0.29, 0.717) is 0 Å². The lowest BCUT2D eigenvalue weighted by molar-refractivity contribution is 1.28. The van der Waals surface area contributed by atoms with E-state index in [1.807, 2.05) is 0 Å². The fraction of sp³-hybridized carbons (Fsp3) is 0. The van der Waals surface area contributed by atoms with Crippen LogP contribution in [0.1, 0.15) is 0 Å². The van der Waals surface area contributed by atoms with Gasteiger partial charge in [0.1, 0.15) is 0 Å². The molecule has 11 aromatic rings. The molecule has 0 amide bonds. The third kappa shape index (κ3) is 8.11. The van der Waals surface area contributed by atoms with Crippen molar-refractivity contribution in [2.75, 3.05) is 14.7 Å². The number of hydrogen-bond donors (Lipinski definition) is 0. The molecule has 11 rings (SSSR count). The van der Waals surface area contributed by atoms with Gasteiger partial charge in [-0.1, -0.05) is 164 Å². The summed E-state index contributed by atoms with van der Waals surface area (Å²) < 4.78 is 0. The van der Waals surface area contributed by atoms with Crippen LogP contribution in [0.3, 0.4) is 0 Å². The fourth-order valence-corrected chi connectivity index (χ4v) is 8.92. The first kappa shape index (κ1) is 39.2. The number of rotatable bonds is 11. The smallest absolute Gasteiger partial charge is 0.0468 e. The summed E-state index contributed by atoms with van der Waals surface area (Å²) in [7, 11) is 0. The van der Waals surface area contributed by atoms with Crippen molar-refractivity contribution in [2.45, 2.75) is 0 Å². The fourth-order valence-electron chi connectivity index (χ4n) is 8.92. The van der Waals surface area contributed by atoms with Gasteiger partial charge in [0.25, 0.3) is 0 Å². The number of anilines is 9. The first-order valence-corrected chi connectivity index (χ1v) is 22.2. The normalized spacial score (nSPS) is 11.1. The molecule has 0 heterocycles. The van der Waals surface area contributed by atoms with Crippen LogP contribution in [0.5, 0.6) is 0 Å². The van der Waals surface area contributed by atoms with Gasteiger partial charge >= 0.3 is 0 Å². The van der Waals surface area contributed by atoms with Crippen molar-refractivity contribution in [1.29, 1.82) is 0 Å². The molecule has 0 radical (unpaired) electrons. The van der Waals surface area contributed by atoms with E-state index in [2.05, 4.69) is 288 Å². The molecule has 65 heavy (non-hydrogen) atoms. The summed E-state index contributed by atoms with van der Waals surface area (Å²) in [6, 6.07) is 97.8. The third-order valence-electron chi connectivity index (χ3n) is 12.2. The van der Waals surface area contributed by atoms with E-state index in [4.69, 9.17) is 0 Å². The zero-order valence-electron chi connectivity index (χ0n) is 35.8. The highest BCUT2D eigenvalue weighted by Gasteiger charge is 2.17. The lowest BCUT2D eigenvalue weighted by Gasteiger charge is -2.26. The summed E-state index contributed by atoms with van der Waals surface area (Å²) in [5.74, 6) is 0. The molecule has 0 aliphatic carbocycles. The minimum atomic E-state index is 1.09. The first-order chi connectivity index (χ1) is 32.2. The standard InChI is InChI=1S/C62H45N3/c1-4-18-54(19-5-1)63(57-34-24-48(25-35-57)50-28-38-59(39-29-50)64(55-20-6-2-7-21-55)61-42-32-46-14-10-12-16-52(46)44-61)58-36-26-49(27-37-58)51-30-40-60(41-31-51)65(56-22-8-3-9-23-56)62-43-33-47-15-11-13-17-53(47)45-62/h1-45H. The van der Waals surface area contributed by atoms with Crippen LogP contribution in [-0.2, 0) is 0 Å². The minimum Gasteiger partial charge on any atom is -0.311 e. The van der Waals surface area contributed by atoms with Crippen LogP contribution in [-0.4, -0.2) is 0 Å². The van der Waals surface area contributed by atoms with E-state index < -0.39 is 0 Å². The van der Waals surface area contributed by atoms with Crippen LogP contribution in [0.4, 0.5) is 51.2 Å². The van der Waals surface area contributed by atoms with Gasteiger partial charge in [-0.15, -0.1) is 0 Å². The highest BCUT2D eigenvalue weighted by Crippen LogP contribution is 2.41. The van der Waals surface area contributed by atoms with Gasteiger partial charge in [0.2, 0.25) is 0 Å². The molecular weight excluding hydrogens is 787 g/mol. The maximum atomic E-state index is 2.32. The van der Waals surface area contributed by atoms with Crippen molar-refractivity contribution >= 4 is 72.7 Å². The van der Waals surface area contributed by atoms with Crippen molar-refractivity contribution in [3.8, 4) is 22.3 Å². The highest BCUT2D eigenvalue weighted by atomic mass is 15.2. The quantitative estimate of drug-likeness (QED) is 0.129. The predicted molar refractivity (Wildman–Crippen MR) is 276 cm³/mol. The Morgan fingerprint density at radius 1 is 0.154 bits per heavy atom. The van der Waals surface area contributed by atoms with Crippen molar-refractivity contribution in [3.63, 3.8) is 0 Å². The molecule has 11 aromatic carbocycles. The maximum Gasteiger partial charge on any atom is 0.0468 e. The zero-order valence-corrected chi connectivity index (χ0v) is 35.8. The van der Waals surface area contributed by atoms with E-state index >= 15 is 0 Å². The Hall–Kier alpha value is -8.66. The number of hydrogen-bond acceptors (Lipinski definition) is 3. The molecule has 0 N–H and O–H groups in total. The SMILES string of the molecule is c1ccc(N(c2ccc(-c3ccc(N(c4ccccc4)c4ccc5ccccc5c4)cc3)cc2)c2ccc(-c3ccc(N(c4ccccc4)c4ccc5ccccc5c4)cc3)cc2)cc1. The van der Waals surface area contributed by atoms with Gasteiger partial charge < -0.3 is 14.7 Å². The van der Waals surface area contributed by atoms with Crippen LogP contribution in [0.15, 0.2) is 273 Å². The van der Waals surface area contributed by atoms with Crippen LogP contribution < -0.4 is 14.7 Å². The van der Waals surface area contributed by atoms with Gasteiger partial charge in [-0.25, -0.2) is 0 Å². The third-order valence-corrected chi connectivity index (χ3v) is 12.2. The maximum absolute atomic E-state index is 2.32. The summed E-state index contributed by atoms with van der Waals surface area (Å²) in [6.45, 7) is 0. The molecule has 0 aliphatic heterocycles. The Morgan fingerprint density at radius 2 is 0.369 bits per heavy atom. The molecule has 0 aliphatic rings. The average Bonchev–Trinajstić information content (AvgIpc) is 3.38. The van der Waals surface area contributed by atoms with Gasteiger partial charge in [-0.05, 0) is 153 Å². The summed E-state index contributed by atoms with van der Waals surface area (Å²) in [5.41, 5.74) is 14.7. The Labute approximate surface area is 381 Å². The number of fused-ring (bicyclic) bond motifs is 2. The van der Waals surface area contributed by atoms with Crippen molar-refractivity contribution in [1.82, 2.24) is 0 Å². The number of para-hydroxylation sites is 3. The molecule has 308 valence electrons. The van der Waals surface area contributed by atoms with Crippen molar-refractivity contribution < 1.29 is 0 Å². The van der Waals surface area contributed by atoms with Gasteiger partial charge in [0.15, 0.2) is 0 Å². The van der Waals surface area contributed by atoms with E-state index in [1.165, 1.54) is 21.5 Å². The molecular formula is C62H45N3. The highest BCUT2D eigenvalue weighted by molar-refractivity contribution is 5.91. The lowest BCUT2D eigenvalue weighted by atomic mass is 10.0. The number of nitrogens with zero attached hydrogens (tertiary/aromatic N) is 3. The van der Waals surface area contributed by atoms with E-state index in [9.17, 15) is 0 Å². The van der Waals surface area contributed by atoms with Gasteiger partial charge in [-0.2, -0.15) is 0 Å². The van der Waals surface area contributed by atoms with Crippen LogP contribution in [0.25, 0.3) is 43.8 Å². The van der Waals surface area contributed by atoms with Crippen molar-refractivity contribution in [3.05, 3.63) is 273 Å². The average molecular weight is 832 g/mol. The van der Waals surface area contributed by atoms with Crippen LogP contribution >= 0.6 is 0 Å². The minimum absolute atomic E-state index is 1.09. The monoisotopic (exact) mass is 831 g/mol. The summed E-state index contributed by atoms with van der Waals surface area (Å²) in [5, 5.41) is 4.91. The second kappa shape index (κ2) is 17.6. The van der Waals surface area contributed by atoms with Gasteiger partial charge in [-0.3, -0.25) is 0 Å². The predicted octanol–water partition coefficient (Wildman–Crippen LogP) is 17.7. The van der Waals surface area contributed by atoms with E-state index in [-0.39, 0.29) is 0 Å². The summed E-state index contributed by atoms with van der Waals surface area (Å²) in [6.07, 6.45) is 0. The molecule has 0 saturated heterocycles. The molecule has 0 bridgehead atoms. The molecule has 0 atom stereocenters. The molecule has 0 unspecified atom stereocenters. The van der Waals surface area contributed by atoms with E-state index in [0.717, 1.165) is 73.4 Å². The summed E-state index contributed by atoms with van der Waals surface area (Å²) in [4.78, 5) is 6.97. The topological polar surface area (TPSA) is 9.72 Å². The van der Waals surface area contributed by atoms with Crippen LogP contribution in [0, 0.1) is 0 Å². The van der Waals surface area contributed by atoms with Gasteiger partial charge in [0.05, 0.1) is 0 Å². The molecule has 3 nitrogen and oxygen atoms in total. The summed E-state index contributed by atoms with van der Waals surface area (Å²) >= 11 is 0. The largest absolute Gasteiger partial charge is 0.311 e. The Kier molecular flexibility index (Phi) is 10.6. The van der Waals surface area contributed by atoms with E-state index in [1.54, 1.807) is 0 Å². The molecule has 0 fully saturated rings. The lowest BCUT2D eigenvalue weighted by Crippen LogP contribution is -2.10. The Morgan fingerprint density at radius 3 is 0.662 bits per heavy atom. The molecule has 0 aromatic heterocycles. The molecule has 3 heteroatoms. The number of benzene rings is 11. The molecule has 0 spiro atoms. The Balaban J connectivity index is 0.858. The molecule has 0 saturated carbocycles. The second-order valence-corrected chi connectivity index (χ2v) is 16.3. The van der Waals surface area contributed by atoms with Crippen LogP contribution in [0.2, 0.25) is 0 Å².